The fraction of sp³-hybridized carbons (Fsp3) is 0.889. The zero-order valence-corrected chi connectivity index (χ0v) is 6.84. The van der Waals surface area contributed by atoms with Gasteiger partial charge in [0.05, 0.1) is 5.92 Å². The molecule has 2 aliphatic rings. The van der Waals surface area contributed by atoms with Crippen molar-refractivity contribution in [3.63, 3.8) is 0 Å². The van der Waals surface area contributed by atoms with Gasteiger partial charge in [0, 0.05) is 0 Å². The van der Waals surface area contributed by atoms with E-state index in [4.69, 9.17) is 5.11 Å². The van der Waals surface area contributed by atoms with Crippen LogP contribution in [0, 0.1) is 17.3 Å². The lowest BCUT2D eigenvalue weighted by atomic mass is 9.95. The molecule has 11 heavy (non-hydrogen) atoms. The number of carboxylic acid groups (broad SMARTS) is 1. The van der Waals surface area contributed by atoms with Gasteiger partial charge in [-0.2, -0.15) is 0 Å². The van der Waals surface area contributed by atoms with Crippen LogP contribution in [0.4, 0.5) is 0 Å². The predicted molar refractivity (Wildman–Crippen MR) is 41.2 cm³/mol. The molecule has 2 fully saturated rings. The molecule has 0 radical (unpaired) electrons. The van der Waals surface area contributed by atoms with E-state index in [9.17, 15) is 4.79 Å². The molecule has 1 N–H and O–H groups in total. The van der Waals surface area contributed by atoms with Crippen molar-refractivity contribution in [2.24, 2.45) is 17.3 Å². The predicted octanol–water partition coefficient (Wildman–Crippen LogP) is 1.90. The lowest BCUT2D eigenvalue weighted by Crippen LogP contribution is -2.09. The van der Waals surface area contributed by atoms with Crippen molar-refractivity contribution >= 4 is 5.97 Å². The highest BCUT2D eigenvalue weighted by molar-refractivity contribution is 5.70. The standard InChI is InChI=1S/C9H14O2/c1-6-4-7(8(10)11)5-9(6)2-3-9/h6-7H,2-5H2,1H3,(H,10,11)/t6-,7?/m1/s1. The summed E-state index contributed by atoms with van der Waals surface area (Å²) in [7, 11) is 0. The number of carboxylic acids is 1. The van der Waals surface area contributed by atoms with Crippen molar-refractivity contribution in [2.75, 3.05) is 0 Å². The summed E-state index contributed by atoms with van der Waals surface area (Å²) >= 11 is 0. The van der Waals surface area contributed by atoms with Crippen molar-refractivity contribution < 1.29 is 9.90 Å². The van der Waals surface area contributed by atoms with E-state index in [1.165, 1.54) is 12.8 Å². The molecular weight excluding hydrogens is 140 g/mol. The van der Waals surface area contributed by atoms with Gasteiger partial charge in [0.2, 0.25) is 0 Å². The Balaban J connectivity index is 2.07. The molecule has 2 saturated carbocycles. The van der Waals surface area contributed by atoms with E-state index >= 15 is 0 Å². The zero-order valence-electron chi connectivity index (χ0n) is 6.84. The first-order valence-corrected chi connectivity index (χ1v) is 4.37. The molecule has 2 atom stereocenters. The van der Waals surface area contributed by atoms with E-state index in [1.807, 2.05) is 0 Å². The molecule has 2 aliphatic carbocycles. The van der Waals surface area contributed by atoms with Crippen LogP contribution in [0.25, 0.3) is 0 Å². The van der Waals surface area contributed by atoms with E-state index in [-0.39, 0.29) is 5.92 Å². The third-order valence-corrected chi connectivity index (χ3v) is 3.58. The maximum absolute atomic E-state index is 10.7. The molecule has 0 bridgehead atoms. The molecule has 0 aromatic heterocycles. The molecule has 0 aromatic carbocycles. The summed E-state index contributed by atoms with van der Waals surface area (Å²) in [6, 6.07) is 0. The van der Waals surface area contributed by atoms with Crippen molar-refractivity contribution in [3.8, 4) is 0 Å². The summed E-state index contributed by atoms with van der Waals surface area (Å²) in [6.07, 6.45) is 4.41. The largest absolute Gasteiger partial charge is 0.481 e. The fourth-order valence-corrected chi connectivity index (χ4v) is 2.50. The number of rotatable bonds is 1. The second kappa shape index (κ2) is 1.99. The lowest BCUT2D eigenvalue weighted by molar-refractivity contribution is -0.141. The molecule has 2 nitrogen and oxygen atoms in total. The molecule has 0 amide bonds. The van der Waals surface area contributed by atoms with Crippen LogP contribution in [-0.2, 0) is 4.79 Å². The van der Waals surface area contributed by atoms with Crippen LogP contribution in [0.1, 0.15) is 32.6 Å². The first-order valence-electron chi connectivity index (χ1n) is 4.37. The summed E-state index contributed by atoms with van der Waals surface area (Å²) in [5.41, 5.74) is 0.475. The summed E-state index contributed by atoms with van der Waals surface area (Å²) in [4.78, 5) is 10.7. The SMILES string of the molecule is C[C@@H]1CC(C(=O)O)CC12CC2. The van der Waals surface area contributed by atoms with Crippen LogP contribution in [0.3, 0.4) is 0 Å². The Morgan fingerprint density at radius 2 is 2.18 bits per heavy atom. The topological polar surface area (TPSA) is 37.3 Å². The third kappa shape index (κ3) is 0.959. The second-order valence-electron chi connectivity index (χ2n) is 4.24. The molecule has 62 valence electrons. The molecule has 0 aliphatic heterocycles. The average molecular weight is 154 g/mol. The van der Waals surface area contributed by atoms with Crippen molar-refractivity contribution in [1.82, 2.24) is 0 Å². The van der Waals surface area contributed by atoms with Gasteiger partial charge in [0.1, 0.15) is 0 Å². The summed E-state index contributed by atoms with van der Waals surface area (Å²) in [6.45, 7) is 2.20. The number of hydrogen-bond acceptors (Lipinski definition) is 1. The van der Waals surface area contributed by atoms with Gasteiger partial charge in [-0.1, -0.05) is 6.92 Å². The monoisotopic (exact) mass is 154 g/mol. The molecule has 2 heteroatoms. The van der Waals surface area contributed by atoms with Gasteiger partial charge < -0.3 is 5.11 Å². The van der Waals surface area contributed by atoms with Gasteiger partial charge in [0.15, 0.2) is 0 Å². The van der Waals surface area contributed by atoms with Crippen LogP contribution in [0.15, 0.2) is 0 Å². The maximum Gasteiger partial charge on any atom is 0.306 e. The van der Waals surface area contributed by atoms with E-state index in [0.29, 0.717) is 11.3 Å². The first-order chi connectivity index (χ1) is 5.14. The molecule has 2 rings (SSSR count). The molecule has 0 heterocycles. The van der Waals surface area contributed by atoms with Crippen LogP contribution in [0.2, 0.25) is 0 Å². The third-order valence-electron chi connectivity index (χ3n) is 3.58. The van der Waals surface area contributed by atoms with Crippen molar-refractivity contribution in [2.45, 2.75) is 32.6 Å². The maximum atomic E-state index is 10.7. The van der Waals surface area contributed by atoms with Crippen LogP contribution in [-0.4, -0.2) is 11.1 Å². The number of aliphatic carboxylic acids is 1. The Morgan fingerprint density at radius 3 is 2.45 bits per heavy atom. The Kier molecular flexibility index (Phi) is 1.29. The van der Waals surface area contributed by atoms with Crippen LogP contribution < -0.4 is 0 Å². The molecule has 1 spiro atoms. The average Bonchev–Trinajstić information content (AvgIpc) is 2.59. The quantitative estimate of drug-likeness (QED) is 0.626. The van der Waals surface area contributed by atoms with Gasteiger partial charge in [-0.25, -0.2) is 0 Å². The zero-order chi connectivity index (χ0) is 8.06. The Hall–Kier alpha value is -0.530. The minimum atomic E-state index is -0.583. The van der Waals surface area contributed by atoms with Gasteiger partial charge >= 0.3 is 5.97 Å². The van der Waals surface area contributed by atoms with Gasteiger partial charge in [-0.05, 0) is 37.0 Å². The van der Waals surface area contributed by atoms with E-state index in [2.05, 4.69) is 6.92 Å². The van der Waals surface area contributed by atoms with Gasteiger partial charge in [-0.3, -0.25) is 4.79 Å². The first kappa shape index (κ1) is 7.14. The second-order valence-corrected chi connectivity index (χ2v) is 4.24. The van der Waals surface area contributed by atoms with E-state index in [0.717, 1.165) is 12.8 Å². The molecule has 0 saturated heterocycles. The van der Waals surface area contributed by atoms with Crippen LogP contribution >= 0.6 is 0 Å². The number of carbonyl (C=O) groups is 1. The van der Waals surface area contributed by atoms with E-state index in [1.54, 1.807) is 0 Å². The Morgan fingerprint density at radius 1 is 1.55 bits per heavy atom. The summed E-state index contributed by atoms with van der Waals surface area (Å²) < 4.78 is 0. The highest BCUT2D eigenvalue weighted by atomic mass is 16.4. The summed E-state index contributed by atoms with van der Waals surface area (Å²) in [5, 5.41) is 8.79. The molecular formula is C9H14O2. The minimum absolute atomic E-state index is 0.0347. The lowest BCUT2D eigenvalue weighted by Gasteiger charge is -2.10. The molecule has 1 unspecified atom stereocenters. The van der Waals surface area contributed by atoms with E-state index < -0.39 is 5.97 Å². The van der Waals surface area contributed by atoms with Crippen molar-refractivity contribution in [3.05, 3.63) is 0 Å². The highest BCUT2D eigenvalue weighted by Gasteiger charge is 2.54. The Labute approximate surface area is 66.6 Å². The Bertz CT molecular complexity index is 194. The van der Waals surface area contributed by atoms with Crippen LogP contribution in [0.5, 0.6) is 0 Å². The highest BCUT2D eigenvalue weighted by Crippen LogP contribution is 2.62. The normalized spacial score (nSPS) is 39.4. The van der Waals surface area contributed by atoms with Gasteiger partial charge in [-0.15, -0.1) is 0 Å². The van der Waals surface area contributed by atoms with Crippen molar-refractivity contribution in [1.29, 1.82) is 0 Å². The summed E-state index contributed by atoms with van der Waals surface area (Å²) in [5.74, 6) is 0.0386. The number of hydrogen-bond donors (Lipinski definition) is 1. The minimum Gasteiger partial charge on any atom is -0.481 e. The van der Waals surface area contributed by atoms with Gasteiger partial charge in [0.25, 0.3) is 0 Å². The molecule has 0 aromatic rings. The smallest absolute Gasteiger partial charge is 0.306 e. The fourth-order valence-electron chi connectivity index (χ4n) is 2.50.